The number of ether oxygens (including phenoxy) is 1. The summed E-state index contributed by atoms with van der Waals surface area (Å²) in [6.07, 6.45) is 8.26. The highest BCUT2D eigenvalue weighted by atomic mass is 16.5. The maximum absolute atomic E-state index is 6.31. The third-order valence-electron chi connectivity index (χ3n) is 6.81. The fourth-order valence-electron chi connectivity index (χ4n) is 4.66. The van der Waals surface area contributed by atoms with Gasteiger partial charge in [-0.05, 0) is 63.6 Å². The molecule has 1 atom stereocenters. The summed E-state index contributed by atoms with van der Waals surface area (Å²) in [5.41, 5.74) is 5.72. The lowest BCUT2D eigenvalue weighted by atomic mass is 10.1. The molecule has 0 amide bonds. The SMILES string of the molecule is C=C1C(C)=CC(c2nc3ccc(OC4CCN(C)CC4)nc3n2C(C)c2ccccn2)=CN1C. The van der Waals surface area contributed by atoms with E-state index in [0.29, 0.717) is 5.88 Å². The summed E-state index contributed by atoms with van der Waals surface area (Å²) in [6.45, 7) is 10.5. The summed E-state index contributed by atoms with van der Waals surface area (Å²) < 4.78 is 8.49. The first-order valence-corrected chi connectivity index (χ1v) is 11.9. The second kappa shape index (κ2) is 9.06. The molecule has 34 heavy (non-hydrogen) atoms. The van der Waals surface area contributed by atoms with Crippen molar-refractivity contribution in [1.29, 1.82) is 0 Å². The molecular weight excluding hydrogens is 424 g/mol. The third-order valence-corrected chi connectivity index (χ3v) is 6.81. The van der Waals surface area contributed by atoms with Gasteiger partial charge in [0.05, 0.1) is 11.7 Å². The van der Waals surface area contributed by atoms with Gasteiger partial charge in [-0.3, -0.25) is 9.55 Å². The van der Waals surface area contributed by atoms with Crippen molar-refractivity contribution in [2.24, 2.45) is 0 Å². The fraction of sp³-hybridized carbons (Fsp3) is 0.370. The van der Waals surface area contributed by atoms with E-state index in [1.165, 1.54) is 0 Å². The van der Waals surface area contributed by atoms with Crippen molar-refractivity contribution >= 4 is 16.7 Å². The second-order valence-corrected chi connectivity index (χ2v) is 9.32. The summed E-state index contributed by atoms with van der Waals surface area (Å²) in [5.74, 6) is 1.51. The van der Waals surface area contributed by atoms with Gasteiger partial charge in [0.1, 0.15) is 17.4 Å². The Balaban J connectivity index is 1.60. The Bertz CT molecular complexity index is 1270. The van der Waals surface area contributed by atoms with Crippen LogP contribution in [0.3, 0.4) is 0 Å². The predicted octanol–water partition coefficient (Wildman–Crippen LogP) is 4.65. The molecule has 2 aliphatic rings. The summed E-state index contributed by atoms with van der Waals surface area (Å²) >= 11 is 0. The predicted molar refractivity (Wildman–Crippen MR) is 135 cm³/mol. The van der Waals surface area contributed by atoms with Crippen LogP contribution in [0.1, 0.15) is 44.2 Å². The second-order valence-electron chi connectivity index (χ2n) is 9.32. The number of hydrogen-bond acceptors (Lipinski definition) is 6. The molecule has 2 aliphatic heterocycles. The van der Waals surface area contributed by atoms with Crippen molar-refractivity contribution in [1.82, 2.24) is 29.3 Å². The van der Waals surface area contributed by atoms with Gasteiger partial charge in [-0.25, -0.2) is 4.98 Å². The first-order chi connectivity index (χ1) is 16.4. The third kappa shape index (κ3) is 4.23. The van der Waals surface area contributed by atoms with Crippen molar-refractivity contribution in [3.63, 3.8) is 0 Å². The molecule has 1 fully saturated rings. The number of likely N-dealkylation sites (tertiary alicyclic amines) is 1. The van der Waals surface area contributed by atoms with Gasteiger partial charge >= 0.3 is 0 Å². The lowest BCUT2D eigenvalue weighted by Crippen LogP contribution is -2.35. The molecule has 7 heteroatoms. The van der Waals surface area contributed by atoms with Crippen molar-refractivity contribution < 1.29 is 4.74 Å². The average Bonchev–Trinajstić information content (AvgIpc) is 3.22. The lowest BCUT2D eigenvalue weighted by molar-refractivity contribution is 0.110. The molecule has 1 unspecified atom stereocenters. The Labute approximate surface area is 201 Å². The molecule has 176 valence electrons. The van der Waals surface area contributed by atoms with E-state index in [1.807, 2.05) is 48.5 Å². The van der Waals surface area contributed by atoms with Crippen molar-refractivity contribution in [3.05, 3.63) is 78.2 Å². The van der Waals surface area contributed by atoms with Gasteiger partial charge in [0.25, 0.3) is 0 Å². The summed E-state index contributed by atoms with van der Waals surface area (Å²) in [6, 6.07) is 9.89. The number of rotatable bonds is 5. The molecule has 7 nitrogen and oxygen atoms in total. The quantitative estimate of drug-likeness (QED) is 0.557. The maximum Gasteiger partial charge on any atom is 0.215 e. The van der Waals surface area contributed by atoms with E-state index in [1.54, 1.807) is 0 Å². The molecule has 0 spiro atoms. The van der Waals surface area contributed by atoms with Gasteiger partial charge in [0.15, 0.2) is 5.65 Å². The number of pyridine rings is 2. The van der Waals surface area contributed by atoms with Gasteiger partial charge in [-0.15, -0.1) is 0 Å². The van der Waals surface area contributed by atoms with Crippen LogP contribution in [0.4, 0.5) is 0 Å². The zero-order valence-electron chi connectivity index (χ0n) is 20.4. The van der Waals surface area contributed by atoms with Crippen LogP contribution in [0.2, 0.25) is 0 Å². The van der Waals surface area contributed by atoms with Gasteiger partial charge in [0.2, 0.25) is 5.88 Å². The maximum atomic E-state index is 6.31. The number of aromatic nitrogens is 4. The number of allylic oxidation sites excluding steroid dienone is 3. The molecule has 0 bridgehead atoms. The zero-order valence-corrected chi connectivity index (χ0v) is 20.4. The first kappa shape index (κ1) is 22.3. The van der Waals surface area contributed by atoms with E-state index < -0.39 is 0 Å². The highest BCUT2D eigenvalue weighted by Gasteiger charge is 2.25. The number of imidazole rings is 1. The van der Waals surface area contributed by atoms with Crippen LogP contribution in [0.5, 0.6) is 5.88 Å². The minimum Gasteiger partial charge on any atom is -0.474 e. The molecule has 0 aliphatic carbocycles. The lowest BCUT2D eigenvalue weighted by Gasteiger charge is -2.29. The summed E-state index contributed by atoms with van der Waals surface area (Å²) in [7, 11) is 4.17. The molecule has 5 rings (SSSR count). The molecule has 0 radical (unpaired) electrons. The molecule has 3 aromatic rings. The molecule has 3 aromatic heterocycles. The van der Waals surface area contributed by atoms with Gasteiger partial charge in [-0.2, -0.15) is 4.98 Å². The molecule has 0 aromatic carbocycles. The van der Waals surface area contributed by atoms with E-state index in [0.717, 1.165) is 65.5 Å². The molecule has 1 saturated heterocycles. The molecule has 0 saturated carbocycles. The minimum atomic E-state index is -0.0580. The van der Waals surface area contributed by atoms with E-state index in [4.69, 9.17) is 14.7 Å². The van der Waals surface area contributed by atoms with Crippen LogP contribution in [0.15, 0.2) is 66.7 Å². The van der Waals surface area contributed by atoms with Crippen molar-refractivity contribution in [3.8, 4) is 5.88 Å². The number of fused-ring (bicyclic) bond motifs is 1. The Kier molecular flexibility index (Phi) is 5.96. The smallest absolute Gasteiger partial charge is 0.215 e. The van der Waals surface area contributed by atoms with E-state index >= 15 is 0 Å². The van der Waals surface area contributed by atoms with Crippen LogP contribution in [0, 0.1) is 0 Å². The summed E-state index contributed by atoms with van der Waals surface area (Å²) in [4.78, 5) is 19.0. The molecule has 5 heterocycles. The Morgan fingerprint density at radius 1 is 1.09 bits per heavy atom. The monoisotopic (exact) mass is 456 g/mol. The number of hydrogen-bond donors (Lipinski definition) is 0. The Hall–Kier alpha value is -3.45. The largest absolute Gasteiger partial charge is 0.474 e. The van der Waals surface area contributed by atoms with Crippen LogP contribution >= 0.6 is 0 Å². The summed E-state index contributed by atoms with van der Waals surface area (Å²) in [5, 5.41) is 0. The van der Waals surface area contributed by atoms with E-state index in [2.05, 4.69) is 54.2 Å². The fourth-order valence-corrected chi connectivity index (χ4v) is 4.66. The van der Waals surface area contributed by atoms with Crippen LogP contribution in [-0.2, 0) is 0 Å². The van der Waals surface area contributed by atoms with Crippen LogP contribution in [0.25, 0.3) is 16.7 Å². The van der Waals surface area contributed by atoms with E-state index in [-0.39, 0.29) is 12.1 Å². The number of likely N-dealkylation sites (N-methyl/N-ethyl adjacent to an activating group) is 1. The highest BCUT2D eigenvalue weighted by molar-refractivity contribution is 5.81. The molecule has 0 N–H and O–H groups in total. The van der Waals surface area contributed by atoms with Gasteiger partial charge in [-0.1, -0.05) is 12.6 Å². The first-order valence-electron chi connectivity index (χ1n) is 11.9. The highest BCUT2D eigenvalue weighted by Crippen LogP contribution is 2.33. The van der Waals surface area contributed by atoms with Crippen molar-refractivity contribution in [2.45, 2.75) is 38.8 Å². The Morgan fingerprint density at radius 2 is 1.88 bits per heavy atom. The number of piperidine rings is 1. The topological polar surface area (TPSA) is 59.3 Å². The standard InChI is InChI=1S/C27H32N6O/c1-18-16-21(17-32(5)19(18)2)26-29-24-9-10-25(34-22-11-14-31(4)15-12-22)30-27(24)33(26)20(3)23-8-6-7-13-28-23/h6-10,13,16-17,20,22H,2,11-12,14-15H2,1,3-5H3. The number of nitrogens with zero attached hydrogens (tertiary/aromatic N) is 6. The average molecular weight is 457 g/mol. The van der Waals surface area contributed by atoms with Gasteiger partial charge in [0, 0.05) is 49.9 Å². The molecular formula is C27H32N6O. The van der Waals surface area contributed by atoms with Gasteiger partial charge < -0.3 is 14.5 Å². The van der Waals surface area contributed by atoms with Crippen LogP contribution in [-0.4, -0.2) is 62.6 Å². The normalized spacial score (nSPS) is 18.7. The van der Waals surface area contributed by atoms with Crippen LogP contribution < -0.4 is 4.74 Å². The zero-order chi connectivity index (χ0) is 23.8. The Morgan fingerprint density at radius 3 is 2.59 bits per heavy atom. The minimum absolute atomic E-state index is 0.0580. The van der Waals surface area contributed by atoms with Crippen molar-refractivity contribution in [2.75, 3.05) is 27.2 Å². The van der Waals surface area contributed by atoms with E-state index in [9.17, 15) is 0 Å².